The highest BCUT2D eigenvalue weighted by molar-refractivity contribution is 5.81. The van der Waals surface area contributed by atoms with Crippen LogP contribution >= 0.6 is 0 Å². The Morgan fingerprint density at radius 2 is 2.00 bits per heavy atom. The predicted molar refractivity (Wildman–Crippen MR) is 94.5 cm³/mol. The molecule has 25 heavy (non-hydrogen) atoms. The third-order valence-corrected chi connectivity index (χ3v) is 5.47. The summed E-state index contributed by atoms with van der Waals surface area (Å²) in [5.74, 6) is 0.826. The average Bonchev–Trinajstić information content (AvgIpc) is 2.91. The van der Waals surface area contributed by atoms with Gasteiger partial charge in [0.1, 0.15) is 11.9 Å². The zero-order chi connectivity index (χ0) is 17.6. The van der Waals surface area contributed by atoms with Crippen LogP contribution < -0.4 is 5.69 Å². The van der Waals surface area contributed by atoms with Crippen LogP contribution in [0.4, 0.5) is 0 Å². The lowest BCUT2D eigenvalue weighted by Crippen LogP contribution is -2.53. The second-order valence-electron chi connectivity index (χ2n) is 7.29. The number of amides is 1. The molecule has 0 N–H and O–H groups in total. The Labute approximate surface area is 147 Å². The molecule has 0 aliphatic carbocycles. The molecule has 1 aromatic heterocycles. The lowest BCUT2D eigenvalue weighted by molar-refractivity contribution is -0.142. The van der Waals surface area contributed by atoms with Crippen LogP contribution in [-0.4, -0.2) is 37.7 Å². The Hall–Kier alpha value is -2.37. The molecule has 3 heterocycles. The van der Waals surface area contributed by atoms with Crippen molar-refractivity contribution in [2.24, 2.45) is 0 Å². The maximum Gasteiger partial charge on any atom is 0.346 e. The smallest absolute Gasteiger partial charge is 0.338 e. The van der Waals surface area contributed by atoms with Crippen molar-refractivity contribution in [3.63, 3.8) is 0 Å². The molecule has 0 radical (unpaired) electrons. The molecule has 0 spiro atoms. The summed E-state index contributed by atoms with van der Waals surface area (Å²) in [4.78, 5) is 27.6. The van der Waals surface area contributed by atoms with Crippen LogP contribution in [0.5, 0.6) is 0 Å². The summed E-state index contributed by atoms with van der Waals surface area (Å²) in [6, 6.07) is 8.01. The van der Waals surface area contributed by atoms with Gasteiger partial charge in [0.15, 0.2) is 0 Å². The quantitative estimate of drug-likeness (QED) is 0.857. The highest BCUT2D eigenvalue weighted by Crippen LogP contribution is 2.28. The van der Waals surface area contributed by atoms with E-state index in [0.717, 1.165) is 43.6 Å². The molecule has 132 valence electrons. The molecule has 2 aromatic rings. The van der Waals surface area contributed by atoms with Crippen LogP contribution in [0.15, 0.2) is 29.1 Å². The number of hydrogen-bond donors (Lipinski definition) is 0. The number of benzene rings is 1. The topological polar surface area (TPSA) is 60.1 Å². The molecule has 1 fully saturated rings. The van der Waals surface area contributed by atoms with E-state index in [1.54, 1.807) is 4.57 Å². The Balaban J connectivity index is 1.64. The average molecular weight is 340 g/mol. The number of fused-ring (bicyclic) bond motifs is 1. The van der Waals surface area contributed by atoms with Crippen molar-refractivity contribution < 1.29 is 4.79 Å². The number of nitrogens with zero attached hydrogens (tertiary/aromatic N) is 4. The molecule has 6 nitrogen and oxygen atoms in total. The lowest BCUT2D eigenvalue weighted by Gasteiger charge is -2.41. The first-order valence-corrected chi connectivity index (χ1v) is 9.09. The van der Waals surface area contributed by atoms with E-state index in [9.17, 15) is 9.59 Å². The Bertz CT molecular complexity index is 849. The number of aromatic nitrogens is 3. The molecule has 1 amide bonds. The summed E-state index contributed by atoms with van der Waals surface area (Å²) < 4.78 is 3.15. The van der Waals surface area contributed by atoms with E-state index in [1.807, 2.05) is 36.1 Å². The standard InChI is InChI=1S/C19H24N4O2/c1-13-6-8-15(9-7-13)12-22-19(25)23-16(4-3-5-17(23)20-22)18(24)21-11-10-14(21)2/h6-9,14,16H,3-5,10-12H2,1-2H3. The molecular weight excluding hydrogens is 316 g/mol. The van der Waals surface area contributed by atoms with Gasteiger partial charge in [-0.25, -0.2) is 9.48 Å². The van der Waals surface area contributed by atoms with Gasteiger partial charge in [0.05, 0.1) is 6.54 Å². The van der Waals surface area contributed by atoms with Gasteiger partial charge in [-0.05, 0) is 38.7 Å². The molecule has 0 bridgehead atoms. The lowest BCUT2D eigenvalue weighted by atomic mass is 9.98. The van der Waals surface area contributed by atoms with E-state index in [0.29, 0.717) is 6.54 Å². The van der Waals surface area contributed by atoms with Gasteiger partial charge in [0, 0.05) is 19.0 Å². The minimum Gasteiger partial charge on any atom is -0.338 e. The van der Waals surface area contributed by atoms with Crippen LogP contribution in [0.3, 0.4) is 0 Å². The van der Waals surface area contributed by atoms with Gasteiger partial charge < -0.3 is 4.90 Å². The number of aryl methyl sites for hydroxylation is 2. The molecule has 6 heteroatoms. The second kappa shape index (κ2) is 6.17. The van der Waals surface area contributed by atoms with Gasteiger partial charge in [0.2, 0.25) is 5.91 Å². The first-order valence-electron chi connectivity index (χ1n) is 9.09. The number of likely N-dealkylation sites (tertiary alicyclic amines) is 1. The third-order valence-electron chi connectivity index (χ3n) is 5.47. The number of rotatable bonds is 3. The fourth-order valence-corrected chi connectivity index (χ4v) is 3.77. The van der Waals surface area contributed by atoms with Gasteiger partial charge in [0.25, 0.3) is 0 Å². The summed E-state index contributed by atoms with van der Waals surface area (Å²) in [6.45, 7) is 5.35. The summed E-state index contributed by atoms with van der Waals surface area (Å²) in [6.07, 6.45) is 3.44. The fraction of sp³-hybridized carbons (Fsp3) is 0.526. The second-order valence-corrected chi connectivity index (χ2v) is 7.29. The maximum atomic E-state index is 12.9. The van der Waals surface area contributed by atoms with Gasteiger partial charge >= 0.3 is 5.69 Å². The van der Waals surface area contributed by atoms with Crippen LogP contribution in [0.2, 0.25) is 0 Å². The summed E-state index contributed by atoms with van der Waals surface area (Å²) in [5.41, 5.74) is 2.07. The Morgan fingerprint density at radius 1 is 1.24 bits per heavy atom. The zero-order valence-electron chi connectivity index (χ0n) is 14.8. The molecule has 2 unspecified atom stereocenters. The molecule has 2 aliphatic rings. The summed E-state index contributed by atoms with van der Waals surface area (Å²) >= 11 is 0. The molecule has 0 saturated carbocycles. The zero-order valence-corrected chi connectivity index (χ0v) is 14.8. The van der Waals surface area contributed by atoms with Crippen molar-refractivity contribution in [2.45, 2.75) is 58.2 Å². The van der Waals surface area contributed by atoms with E-state index in [1.165, 1.54) is 10.2 Å². The maximum absolute atomic E-state index is 12.9. The highest BCUT2D eigenvalue weighted by atomic mass is 16.2. The molecule has 2 aliphatic heterocycles. The van der Waals surface area contributed by atoms with Gasteiger partial charge in [-0.15, -0.1) is 0 Å². The Kier molecular flexibility index (Phi) is 3.98. The van der Waals surface area contributed by atoms with Crippen molar-refractivity contribution >= 4 is 5.91 Å². The molecular formula is C19H24N4O2. The monoisotopic (exact) mass is 340 g/mol. The normalized spacial score (nSPS) is 22.4. The predicted octanol–water partition coefficient (Wildman–Crippen LogP) is 1.90. The summed E-state index contributed by atoms with van der Waals surface area (Å²) in [7, 11) is 0. The molecule has 4 rings (SSSR count). The van der Waals surface area contributed by atoms with E-state index in [-0.39, 0.29) is 23.7 Å². The van der Waals surface area contributed by atoms with Crippen molar-refractivity contribution in [3.05, 3.63) is 51.7 Å². The van der Waals surface area contributed by atoms with E-state index in [4.69, 9.17) is 0 Å². The SMILES string of the molecule is Cc1ccc(Cn2nc3n(c2=O)C(C(=O)N2CCC2C)CCC3)cc1. The largest absolute Gasteiger partial charge is 0.346 e. The van der Waals surface area contributed by atoms with Crippen LogP contribution in [0.25, 0.3) is 0 Å². The minimum atomic E-state index is -0.384. The van der Waals surface area contributed by atoms with Crippen molar-refractivity contribution in [1.29, 1.82) is 0 Å². The molecule has 1 saturated heterocycles. The Morgan fingerprint density at radius 3 is 2.64 bits per heavy atom. The van der Waals surface area contributed by atoms with Crippen LogP contribution in [0, 0.1) is 6.92 Å². The fourth-order valence-electron chi connectivity index (χ4n) is 3.77. The van der Waals surface area contributed by atoms with E-state index in [2.05, 4.69) is 12.0 Å². The van der Waals surface area contributed by atoms with Gasteiger partial charge in [-0.2, -0.15) is 5.10 Å². The molecule has 1 aromatic carbocycles. The van der Waals surface area contributed by atoms with Crippen LogP contribution in [0.1, 0.15) is 49.2 Å². The van der Waals surface area contributed by atoms with Gasteiger partial charge in [-0.3, -0.25) is 9.36 Å². The first kappa shape index (κ1) is 16.1. The first-order chi connectivity index (χ1) is 12.0. The highest BCUT2D eigenvalue weighted by Gasteiger charge is 2.37. The van der Waals surface area contributed by atoms with Gasteiger partial charge in [-0.1, -0.05) is 29.8 Å². The third kappa shape index (κ3) is 2.79. The van der Waals surface area contributed by atoms with Crippen molar-refractivity contribution in [1.82, 2.24) is 19.2 Å². The number of hydrogen-bond acceptors (Lipinski definition) is 3. The van der Waals surface area contributed by atoms with E-state index < -0.39 is 0 Å². The van der Waals surface area contributed by atoms with Crippen LogP contribution in [-0.2, 0) is 17.8 Å². The molecule has 2 atom stereocenters. The minimum absolute atomic E-state index is 0.0803. The summed E-state index contributed by atoms with van der Waals surface area (Å²) in [5, 5.41) is 4.52. The van der Waals surface area contributed by atoms with Crippen molar-refractivity contribution in [2.75, 3.05) is 6.54 Å². The van der Waals surface area contributed by atoms with Crippen molar-refractivity contribution in [3.8, 4) is 0 Å². The van der Waals surface area contributed by atoms with E-state index >= 15 is 0 Å². The number of carbonyl (C=O) groups excluding carboxylic acids is 1. The number of carbonyl (C=O) groups is 1.